The van der Waals surface area contributed by atoms with Crippen LogP contribution in [0.3, 0.4) is 0 Å². The van der Waals surface area contributed by atoms with Gasteiger partial charge in [-0.25, -0.2) is 9.29 Å². The first-order chi connectivity index (χ1) is 11.4. The molecule has 0 aliphatic carbocycles. The molecule has 2 aromatic rings. The van der Waals surface area contributed by atoms with E-state index in [0.29, 0.717) is 11.4 Å². The third kappa shape index (κ3) is 2.89. The molecule has 1 heterocycles. The summed E-state index contributed by atoms with van der Waals surface area (Å²) in [7, 11) is 0. The molecule has 1 N–H and O–H groups in total. The molecule has 0 aromatic heterocycles. The van der Waals surface area contributed by atoms with E-state index in [1.54, 1.807) is 12.1 Å². The number of carbonyl (C=O) groups excluding carboxylic acids is 2. The maximum absolute atomic E-state index is 13.0. The zero-order chi connectivity index (χ0) is 17.4. The summed E-state index contributed by atoms with van der Waals surface area (Å²) in [5.41, 5.74) is 4.17. The first-order valence-corrected chi connectivity index (χ1v) is 7.83. The van der Waals surface area contributed by atoms with Gasteiger partial charge in [-0.15, -0.1) is 0 Å². The number of aryl methyl sites for hydroxylation is 3. The number of amides is 2. The van der Waals surface area contributed by atoms with E-state index in [1.807, 2.05) is 32.9 Å². The average Bonchev–Trinajstić information content (AvgIpc) is 2.76. The standard InChI is InChI=1S/C19H19FN2O2/c1-11-8-12(2)18(13(3)9-11)22-17(23)10-16(19(22)24)21-15-6-4-14(20)5-7-15/h4-9,16,21H,10H2,1-3H3/t16-/m1/s1. The lowest BCUT2D eigenvalue weighted by molar-refractivity contribution is -0.121. The highest BCUT2D eigenvalue weighted by Gasteiger charge is 2.40. The molecular formula is C19H19FN2O2. The van der Waals surface area contributed by atoms with Crippen LogP contribution in [0.25, 0.3) is 0 Å². The fraction of sp³-hybridized carbons (Fsp3) is 0.263. The van der Waals surface area contributed by atoms with Crippen LogP contribution in [-0.4, -0.2) is 17.9 Å². The van der Waals surface area contributed by atoms with Crippen molar-refractivity contribution in [2.24, 2.45) is 0 Å². The quantitative estimate of drug-likeness (QED) is 0.878. The molecule has 4 nitrogen and oxygen atoms in total. The summed E-state index contributed by atoms with van der Waals surface area (Å²) >= 11 is 0. The molecule has 0 saturated carbocycles. The molecule has 2 amide bonds. The highest BCUT2D eigenvalue weighted by molar-refractivity contribution is 6.23. The smallest absolute Gasteiger partial charge is 0.256 e. The Kier molecular flexibility index (Phi) is 4.09. The molecule has 1 saturated heterocycles. The number of benzene rings is 2. The minimum atomic E-state index is -0.636. The zero-order valence-corrected chi connectivity index (χ0v) is 13.9. The van der Waals surface area contributed by atoms with Crippen molar-refractivity contribution in [2.75, 3.05) is 10.2 Å². The number of carbonyl (C=O) groups is 2. The Hall–Kier alpha value is -2.69. The van der Waals surface area contributed by atoms with Crippen molar-refractivity contribution in [3.63, 3.8) is 0 Å². The predicted molar refractivity (Wildman–Crippen MR) is 91.6 cm³/mol. The molecule has 1 aliphatic heterocycles. The van der Waals surface area contributed by atoms with Crippen molar-refractivity contribution in [1.82, 2.24) is 0 Å². The first-order valence-electron chi connectivity index (χ1n) is 7.83. The number of halogens is 1. The van der Waals surface area contributed by atoms with Crippen LogP contribution in [0.5, 0.6) is 0 Å². The van der Waals surface area contributed by atoms with Gasteiger partial charge in [-0.1, -0.05) is 17.7 Å². The van der Waals surface area contributed by atoms with Gasteiger partial charge >= 0.3 is 0 Å². The van der Waals surface area contributed by atoms with E-state index in [-0.39, 0.29) is 24.1 Å². The van der Waals surface area contributed by atoms with E-state index in [2.05, 4.69) is 5.32 Å². The van der Waals surface area contributed by atoms with Crippen molar-refractivity contribution < 1.29 is 14.0 Å². The van der Waals surface area contributed by atoms with E-state index >= 15 is 0 Å². The molecule has 2 aromatic carbocycles. The summed E-state index contributed by atoms with van der Waals surface area (Å²) in [6.45, 7) is 5.78. The van der Waals surface area contributed by atoms with Crippen molar-refractivity contribution in [2.45, 2.75) is 33.2 Å². The summed E-state index contributed by atoms with van der Waals surface area (Å²) in [6.07, 6.45) is 0.0863. The monoisotopic (exact) mass is 326 g/mol. The van der Waals surface area contributed by atoms with E-state index in [0.717, 1.165) is 16.7 Å². The van der Waals surface area contributed by atoms with Gasteiger partial charge in [0.1, 0.15) is 11.9 Å². The van der Waals surface area contributed by atoms with E-state index in [9.17, 15) is 14.0 Å². The maximum Gasteiger partial charge on any atom is 0.256 e. The van der Waals surface area contributed by atoms with Gasteiger partial charge < -0.3 is 5.32 Å². The van der Waals surface area contributed by atoms with Crippen molar-refractivity contribution >= 4 is 23.2 Å². The first kappa shape index (κ1) is 16.2. The molecule has 3 rings (SSSR count). The zero-order valence-electron chi connectivity index (χ0n) is 13.9. The van der Waals surface area contributed by atoms with E-state index in [1.165, 1.54) is 17.0 Å². The lowest BCUT2D eigenvalue weighted by Gasteiger charge is -2.21. The Labute approximate surface area is 140 Å². The molecule has 5 heteroatoms. The van der Waals surface area contributed by atoms with Crippen LogP contribution in [0, 0.1) is 26.6 Å². The van der Waals surface area contributed by atoms with Gasteiger partial charge in [0.05, 0.1) is 12.1 Å². The van der Waals surface area contributed by atoms with Gasteiger partial charge in [0, 0.05) is 5.69 Å². The Morgan fingerprint density at radius 1 is 1.04 bits per heavy atom. The number of nitrogens with zero attached hydrogens (tertiary/aromatic N) is 1. The van der Waals surface area contributed by atoms with Gasteiger partial charge in [-0.05, 0) is 56.2 Å². The van der Waals surface area contributed by atoms with Crippen LogP contribution < -0.4 is 10.2 Å². The predicted octanol–water partition coefficient (Wildman–Crippen LogP) is 3.49. The number of anilines is 2. The Morgan fingerprint density at radius 2 is 1.62 bits per heavy atom. The maximum atomic E-state index is 13.0. The fourth-order valence-electron chi connectivity index (χ4n) is 3.25. The van der Waals surface area contributed by atoms with Crippen LogP contribution in [0.15, 0.2) is 36.4 Å². The molecule has 0 spiro atoms. The third-order valence-electron chi connectivity index (χ3n) is 4.19. The Bertz CT molecular complexity index is 792. The summed E-state index contributed by atoms with van der Waals surface area (Å²) in [5.74, 6) is -0.851. The fourth-order valence-corrected chi connectivity index (χ4v) is 3.25. The summed E-state index contributed by atoms with van der Waals surface area (Å²) in [6, 6.07) is 9.03. The second kappa shape index (κ2) is 6.07. The van der Waals surface area contributed by atoms with Gasteiger partial charge in [0.15, 0.2) is 0 Å². The van der Waals surface area contributed by atoms with E-state index in [4.69, 9.17) is 0 Å². The molecule has 0 unspecified atom stereocenters. The van der Waals surface area contributed by atoms with Crippen LogP contribution in [0.1, 0.15) is 23.1 Å². The molecule has 1 aliphatic rings. The normalized spacial score (nSPS) is 17.5. The highest BCUT2D eigenvalue weighted by atomic mass is 19.1. The topological polar surface area (TPSA) is 49.4 Å². The number of hydrogen-bond acceptors (Lipinski definition) is 3. The second-order valence-electron chi connectivity index (χ2n) is 6.22. The summed E-state index contributed by atoms with van der Waals surface area (Å²) in [4.78, 5) is 26.4. The van der Waals surface area contributed by atoms with Gasteiger partial charge in [-0.3, -0.25) is 9.59 Å². The molecule has 1 fully saturated rings. The highest BCUT2D eigenvalue weighted by Crippen LogP contribution is 2.31. The summed E-state index contributed by atoms with van der Waals surface area (Å²) < 4.78 is 13.0. The summed E-state index contributed by atoms with van der Waals surface area (Å²) in [5, 5.41) is 3.02. The minimum Gasteiger partial charge on any atom is -0.373 e. The average molecular weight is 326 g/mol. The molecule has 1 atom stereocenters. The largest absolute Gasteiger partial charge is 0.373 e. The minimum absolute atomic E-state index is 0.0863. The van der Waals surface area contributed by atoms with Crippen molar-refractivity contribution in [3.8, 4) is 0 Å². The molecular weight excluding hydrogens is 307 g/mol. The number of hydrogen-bond donors (Lipinski definition) is 1. The van der Waals surface area contributed by atoms with Crippen LogP contribution in [-0.2, 0) is 9.59 Å². The second-order valence-corrected chi connectivity index (χ2v) is 6.22. The lowest BCUT2D eigenvalue weighted by Crippen LogP contribution is -2.35. The van der Waals surface area contributed by atoms with Gasteiger partial charge in [-0.2, -0.15) is 0 Å². The molecule has 0 bridgehead atoms. The Morgan fingerprint density at radius 3 is 2.21 bits per heavy atom. The van der Waals surface area contributed by atoms with E-state index < -0.39 is 6.04 Å². The number of imide groups is 1. The number of nitrogens with one attached hydrogen (secondary N) is 1. The third-order valence-corrected chi connectivity index (χ3v) is 4.19. The SMILES string of the molecule is Cc1cc(C)c(N2C(=O)C[C@@H](Nc3ccc(F)cc3)C2=O)c(C)c1. The van der Waals surface area contributed by atoms with Gasteiger partial charge in [0.2, 0.25) is 5.91 Å². The Balaban J connectivity index is 1.88. The van der Waals surface area contributed by atoms with Crippen molar-refractivity contribution in [3.05, 3.63) is 58.9 Å². The lowest BCUT2D eigenvalue weighted by atomic mass is 10.0. The van der Waals surface area contributed by atoms with Crippen LogP contribution in [0.2, 0.25) is 0 Å². The molecule has 24 heavy (non-hydrogen) atoms. The van der Waals surface area contributed by atoms with Gasteiger partial charge in [0.25, 0.3) is 5.91 Å². The molecule has 0 radical (unpaired) electrons. The van der Waals surface area contributed by atoms with Crippen LogP contribution >= 0.6 is 0 Å². The van der Waals surface area contributed by atoms with Crippen molar-refractivity contribution in [1.29, 1.82) is 0 Å². The van der Waals surface area contributed by atoms with Crippen LogP contribution in [0.4, 0.5) is 15.8 Å². The molecule has 124 valence electrons. The number of rotatable bonds is 3.